The van der Waals surface area contributed by atoms with E-state index in [2.05, 4.69) is 76.3 Å². The number of allylic oxidation sites excluding steroid dienone is 8. The summed E-state index contributed by atoms with van der Waals surface area (Å²) in [5.74, 6) is -2.17. The van der Waals surface area contributed by atoms with Gasteiger partial charge in [0.1, 0.15) is 19.3 Å². The van der Waals surface area contributed by atoms with Gasteiger partial charge in [-0.1, -0.05) is 282 Å². The van der Waals surface area contributed by atoms with E-state index in [0.29, 0.717) is 25.7 Å². The Morgan fingerprint density at radius 3 is 0.693 bits per heavy atom. The van der Waals surface area contributed by atoms with Crippen LogP contribution >= 0.6 is 15.6 Å². The Morgan fingerprint density at radius 2 is 0.465 bits per heavy atom. The Labute approximate surface area is 639 Å². The zero-order valence-corrected chi connectivity index (χ0v) is 68.9. The third kappa shape index (κ3) is 77.5. The fourth-order valence-corrected chi connectivity index (χ4v) is 13.0. The van der Waals surface area contributed by atoms with Crippen molar-refractivity contribution in [1.29, 1.82) is 0 Å². The molecule has 4 atom stereocenters. The molecular weight excluding hydrogens is 1330 g/mol. The van der Waals surface area contributed by atoms with Gasteiger partial charge >= 0.3 is 39.5 Å². The van der Waals surface area contributed by atoms with Crippen molar-refractivity contribution >= 4 is 69.1 Å². The van der Waals surface area contributed by atoms with Crippen LogP contribution in [0.15, 0.2) is 48.6 Å². The number of ether oxygens (including phenoxy) is 4. The summed E-state index contributed by atoms with van der Waals surface area (Å²) in [5, 5.41) is 10.6. The van der Waals surface area contributed by atoms with E-state index in [-0.39, 0.29) is 55.2 Å². The molecule has 0 aliphatic rings. The maximum atomic E-state index is 13.1. The number of aliphatic hydroxyl groups excluding tert-OH is 1. The Balaban J connectivity index is 0. The van der Waals surface area contributed by atoms with E-state index in [1.165, 1.54) is 154 Å². The van der Waals surface area contributed by atoms with Crippen molar-refractivity contribution in [2.45, 2.75) is 406 Å². The number of aliphatic hydroxyl groups is 1. The number of rotatable bonds is 78. The van der Waals surface area contributed by atoms with Gasteiger partial charge in [0, 0.05) is 55.2 Å². The number of carbonyl (C=O) groups excluding carboxylic acids is 4. The molecule has 0 aromatic heterocycles. The minimum Gasteiger partial charge on any atom is -0.462 e. The molecule has 0 amide bonds. The first-order valence-electron chi connectivity index (χ1n) is 40.9. The van der Waals surface area contributed by atoms with E-state index in [0.717, 1.165) is 154 Å². The number of hydrogen-bond donors (Lipinski definition) is 3. The Kier molecular flexibility index (Phi) is 77.7. The van der Waals surface area contributed by atoms with Gasteiger partial charge in [0.15, 0.2) is 12.2 Å². The van der Waals surface area contributed by atoms with Gasteiger partial charge in [-0.25, -0.2) is 9.13 Å². The van der Waals surface area contributed by atoms with Crippen LogP contribution in [0.5, 0.6) is 0 Å². The molecule has 0 saturated carbocycles. The van der Waals surface area contributed by atoms with Crippen LogP contribution in [0.4, 0.5) is 0 Å². The van der Waals surface area contributed by atoms with E-state index in [4.69, 9.17) is 37.0 Å². The number of hydrogen-bond acceptors (Lipinski definition) is 15. The predicted molar refractivity (Wildman–Crippen MR) is 415 cm³/mol. The summed E-state index contributed by atoms with van der Waals surface area (Å²) in [6.07, 6.45) is 72.2. The largest absolute Gasteiger partial charge is 0.472 e. The molecule has 0 rings (SSSR count). The fourth-order valence-electron chi connectivity index (χ4n) is 11.4. The maximum Gasteiger partial charge on any atom is 0.472 e. The summed E-state index contributed by atoms with van der Waals surface area (Å²) in [6.45, 7) is 4.90. The quantitative estimate of drug-likeness (QED) is 0.0128. The van der Waals surface area contributed by atoms with Crippen molar-refractivity contribution in [3.05, 3.63) is 48.6 Å². The van der Waals surface area contributed by atoms with Crippen molar-refractivity contribution < 1.29 is 80.2 Å². The van der Waals surface area contributed by atoms with E-state index < -0.39 is 97.5 Å². The van der Waals surface area contributed by atoms with Crippen molar-refractivity contribution in [2.24, 2.45) is 0 Å². The van der Waals surface area contributed by atoms with Gasteiger partial charge in [0.2, 0.25) is 0 Å². The summed E-state index contributed by atoms with van der Waals surface area (Å²) in [6, 6.07) is 0. The molecule has 0 fully saturated rings. The van der Waals surface area contributed by atoms with Gasteiger partial charge in [-0.3, -0.25) is 37.3 Å². The predicted octanol–water partition coefficient (Wildman–Crippen LogP) is 23.3. The average molecular weight is 1480 g/mol. The van der Waals surface area contributed by atoms with Crippen LogP contribution in [0.3, 0.4) is 0 Å². The van der Waals surface area contributed by atoms with Crippen LogP contribution in [0.25, 0.3) is 0 Å². The second-order valence-electron chi connectivity index (χ2n) is 27.7. The van der Waals surface area contributed by atoms with Crippen molar-refractivity contribution in [1.82, 2.24) is 0 Å². The third-order valence-electron chi connectivity index (χ3n) is 17.7. The number of phosphoric acid groups is 2. The molecule has 0 heterocycles. The first-order chi connectivity index (χ1) is 48.7. The SMILES string of the molecule is CCCCCCCC/C=C\CCCCCCCC(=O)OC[C@H](COP(=O)(O)OCC(O)COP(=O)(O)OC[C@@H](COC(=O)CCCCCCC/C=C\CCCCCCCC)OC(=O)CCCCCCC/C=C\CCCCCCCC)OC(=O)CCCCCCC/C=C\CCCCCCCC.[Na]. The van der Waals surface area contributed by atoms with Crippen LogP contribution in [0, 0.1) is 0 Å². The molecule has 0 aromatic carbocycles. The molecule has 0 aliphatic carbocycles. The monoisotopic (exact) mass is 1480 g/mol. The molecule has 1 radical (unpaired) electrons. The van der Waals surface area contributed by atoms with E-state index in [9.17, 15) is 43.2 Å². The second kappa shape index (κ2) is 77.6. The van der Waals surface area contributed by atoms with Crippen LogP contribution < -0.4 is 0 Å². The van der Waals surface area contributed by atoms with Gasteiger partial charge in [-0.2, -0.15) is 0 Å². The first-order valence-corrected chi connectivity index (χ1v) is 43.9. The van der Waals surface area contributed by atoms with Gasteiger partial charge in [-0.05, 0) is 128 Å². The van der Waals surface area contributed by atoms with Crippen LogP contribution in [-0.4, -0.2) is 126 Å². The Morgan fingerprint density at radius 1 is 0.277 bits per heavy atom. The molecule has 0 bridgehead atoms. The molecule has 0 spiro atoms. The number of esters is 4. The second-order valence-corrected chi connectivity index (χ2v) is 30.6. The third-order valence-corrected chi connectivity index (χ3v) is 19.6. The minimum atomic E-state index is -4.97. The molecule has 0 aromatic rings. The van der Waals surface area contributed by atoms with Crippen LogP contribution in [0.1, 0.15) is 387 Å². The van der Waals surface area contributed by atoms with Gasteiger partial charge in [0.05, 0.1) is 26.4 Å². The average Bonchev–Trinajstić information content (AvgIpc) is 1.01. The standard InChI is InChI=1S/C81H150O17P2.Na/c1-5-9-13-17-21-25-29-33-37-41-45-49-53-57-61-65-78(83)91-71-76(97-80(85)67-63-59-55-51-47-43-39-35-31-27-23-19-15-11-7-3)73-95-99(87,88)93-69-75(82)70-94-100(89,90)96-74-77(98-81(86)68-64-60-56-52-48-44-40-36-32-28-24-20-16-12-8-4)72-92-79(84)66-62-58-54-50-46-42-38-34-30-26-22-18-14-10-6-2;/h33-40,75-77,82H,5-32,41-74H2,1-4H3,(H,87,88)(H,89,90);/b37-33-,38-34-,39-35-,40-36-;/t76-,77-;/m1./s1. The smallest absolute Gasteiger partial charge is 0.462 e. The molecule has 20 heteroatoms. The zero-order valence-electron chi connectivity index (χ0n) is 65.1. The number of unbranched alkanes of at least 4 members (excludes halogenated alkanes) is 44. The zero-order chi connectivity index (χ0) is 73.2. The van der Waals surface area contributed by atoms with Crippen molar-refractivity contribution in [3.8, 4) is 0 Å². The molecule has 3 N–H and O–H groups in total. The number of carbonyl (C=O) groups is 4. The van der Waals surface area contributed by atoms with Gasteiger partial charge < -0.3 is 33.8 Å². The molecule has 587 valence electrons. The summed E-state index contributed by atoms with van der Waals surface area (Å²) in [4.78, 5) is 73.0. The molecule has 0 aliphatic heterocycles. The maximum absolute atomic E-state index is 13.1. The van der Waals surface area contributed by atoms with E-state index in [1.54, 1.807) is 0 Å². The Bertz CT molecular complexity index is 1950. The fraction of sp³-hybridized carbons (Fsp3) is 0.852. The van der Waals surface area contributed by atoms with Crippen molar-refractivity contribution in [2.75, 3.05) is 39.6 Å². The van der Waals surface area contributed by atoms with E-state index >= 15 is 0 Å². The summed E-state index contributed by atoms with van der Waals surface area (Å²) < 4.78 is 68.6. The number of phosphoric ester groups is 2. The normalized spacial score (nSPS) is 14.0. The summed E-state index contributed by atoms with van der Waals surface area (Å²) in [5.41, 5.74) is 0. The van der Waals surface area contributed by atoms with E-state index in [1.807, 2.05) is 0 Å². The Hall–Kier alpha value is -1.98. The van der Waals surface area contributed by atoms with Crippen molar-refractivity contribution in [3.63, 3.8) is 0 Å². The summed E-state index contributed by atoms with van der Waals surface area (Å²) >= 11 is 0. The molecule has 2 unspecified atom stereocenters. The van der Waals surface area contributed by atoms with Crippen LogP contribution in [-0.2, 0) is 65.4 Å². The van der Waals surface area contributed by atoms with Gasteiger partial charge in [0.25, 0.3) is 0 Å². The molecule has 17 nitrogen and oxygen atoms in total. The first kappa shape index (κ1) is 101. The molecule has 101 heavy (non-hydrogen) atoms. The molecule has 0 saturated heterocycles. The summed E-state index contributed by atoms with van der Waals surface area (Å²) in [7, 11) is -9.95. The topological polar surface area (TPSA) is 237 Å². The van der Waals surface area contributed by atoms with Gasteiger partial charge in [-0.15, -0.1) is 0 Å². The van der Waals surface area contributed by atoms with Crippen LogP contribution in [0.2, 0.25) is 0 Å². The minimum absolute atomic E-state index is 0. The molecular formula is C81H150NaO17P2.